The second kappa shape index (κ2) is 5.93. The normalized spacial score (nSPS) is 15.7. The van der Waals surface area contributed by atoms with Crippen LogP contribution in [-0.4, -0.2) is 32.0 Å². The lowest BCUT2D eigenvalue weighted by atomic mass is 10.1. The highest BCUT2D eigenvalue weighted by molar-refractivity contribution is 5.02. The van der Waals surface area contributed by atoms with Gasteiger partial charge >= 0.3 is 6.18 Å². The molecule has 0 bridgehead atoms. The number of hydrogen-bond acceptors (Lipinski definition) is 3. The van der Waals surface area contributed by atoms with Gasteiger partial charge in [-0.2, -0.15) is 18.4 Å². The van der Waals surface area contributed by atoms with Gasteiger partial charge in [-0.1, -0.05) is 0 Å². The molecule has 88 valence electrons. The van der Waals surface area contributed by atoms with Gasteiger partial charge in [-0.3, -0.25) is 0 Å². The Morgan fingerprint density at radius 1 is 1.40 bits per heavy atom. The summed E-state index contributed by atoms with van der Waals surface area (Å²) in [5.74, 6) is 0. The molecule has 15 heavy (non-hydrogen) atoms. The summed E-state index contributed by atoms with van der Waals surface area (Å²) in [6.07, 6.45) is -5.06. The van der Waals surface area contributed by atoms with E-state index in [0.29, 0.717) is 0 Å². The van der Waals surface area contributed by atoms with Crippen LogP contribution in [0.5, 0.6) is 0 Å². The zero-order valence-electron chi connectivity index (χ0n) is 8.82. The quantitative estimate of drug-likeness (QED) is 0.700. The van der Waals surface area contributed by atoms with Crippen molar-refractivity contribution in [1.82, 2.24) is 5.32 Å². The van der Waals surface area contributed by atoms with E-state index in [1.807, 2.05) is 6.07 Å². The van der Waals surface area contributed by atoms with Crippen molar-refractivity contribution in [2.75, 3.05) is 20.3 Å². The van der Waals surface area contributed by atoms with Gasteiger partial charge in [0.05, 0.1) is 12.7 Å². The van der Waals surface area contributed by atoms with Gasteiger partial charge in [-0.15, -0.1) is 0 Å². The van der Waals surface area contributed by atoms with Gasteiger partial charge in [0.2, 0.25) is 0 Å². The largest absolute Gasteiger partial charge is 0.389 e. The Morgan fingerprint density at radius 2 is 2.00 bits per heavy atom. The molecule has 0 aromatic rings. The van der Waals surface area contributed by atoms with Crippen molar-refractivity contribution in [2.24, 2.45) is 0 Å². The summed E-state index contributed by atoms with van der Waals surface area (Å²) in [6, 6.07) is 1.98. The molecule has 0 aliphatic heterocycles. The van der Waals surface area contributed by atoms with Crippen molar-refractivity contribution in [1.29, 1.82) is 5.26 Å². The van der Waals surface area contributed by atoms with E-state index in [1.54, 1.807) is 14.0 Å². The second-order valence-corrected chi connectivity index (χ2v) is 3.47. The topological polar surface area (TPSA) is 45.0 Å². The Bertz CT molecular complexity index is 224. The third kappa shape index (κ3) is 7.17. The van der Waals surface area contributed by atoms with E-state index in [9.17, 15) is 13.2 Å². The predicted octanol–water partition coefficient (Wildman–Crippen LogP) is 1.85. The maximum atomic E-state index is 11.7. The van der Waals surface area contributed by atoms with E-state index in [2.05, 4.69) is 5.32 Å². The van der Waals surface area contributed by atoms with Gasteiger partial charge < -0.3 is 10.1 Å². The fourth-order valence-corrected chi connectivity index (χ4v) is 0.811. The fraction of sp³-hybridized carbons (Fsp3) is 0.889. The SMILES string of the molecule is CNC(C)(C#N)COCCCC(F)(F)F. The molecule has 0 amide bonds. The zero-order chi connectivity index (χ0) is 11.9. The summed E-state index contributed by atoms with van der Waals surface area (Å²) in [6.45, 7) is 1.72. The average Bonchev–Trinajstić information content (AvgIpc) is 2.15. The molecule has 6 heteroatoms. The maximum absolute atomic E-state index is 11.7. The van der Waals surface area contributed by atoms with Crippen molar-refractivity contribution in [3.05, 3.63) is 0 Å². The lowest BCUT2D eigenvalue weighted by molar-refractivity contribution is -0.138. The van der Waals surface area contributed by atoms with E-state index in [-0.39, 0.29) is 19.6 Å². The first-order chi connectivity index (χ1) is 6.83. The predicted molar refractivity (Wildman–Crippen MR) is 49.2 cm³/mol. The molecule has 3 nitrogen and oxygen atoms in total. The minimum Gasteiger partial charge on any atom is -0.378 e. The molecule has 0 rings (SSSR count). The van der Waals surface area contributed by atoms with Crippen molar-refractivity contribution < 1.29 is 17.9 Å². The number of hydrogen-bond donors (Lipinski definition) is 1. The minimum atomic E-state index is -4.13. The van der Waals surface area contributed by atoms with E-state index in [4.69, 9.17) is 10.00 Å². The number of rotatable bonds is 6. The average molecular weight is 224 g/mol. The summed E-state index contributed by atoms with van der Waals surface area (Å²) >= 11 is 0. The van der Waals surface area contributed by atoms with Gasteiger partial charge in [0.25, 0.3) is 0 Å². The highest BCUT2D eigenvalue weighted by Crippen LogP contribution is 2.21. The summed E-state index contributed by atoms with van der Waals surface area (Å²) in [5.41, 5.74) is -0.835. The van der Waals surface area contributed by atoms with Crippen molar-refractivity contribution in [3.8, 4) is 6.07 Å². The number of nitrogens with zero attached hydrogens (tertiary/aromatic N) is 1. The summed E-state index contributed by atoms with van der Waals surface area (Å²) in [5, 5.41) is 11.4. The third-order valence-corrected chi connectivity index (χ3v) is 1.94. The molecule has 0 radical (unpaired) electrons. The Morgan fingerprint density at radius 3 is 2.40 bits per heavy atom. The van der Waals surface area contributed by atoms with Crippen LogP contribution in [0.3, 0.4) is 0 Å². The molecule has 0 aliphatic carbocycles. The van der Waals surface area contributed by atoms with Crippen LogP contribution < -0.4 is 5.32 Å². The molecule has 0 saturated carbocycles. The Labute approximate surface area is 87.2 Å². The molecule has 1 N–H and O–H groups in total. The van der Waals surface area contributed by atoms with Crippen LogP contribution in [0, 0.1) is 11.3 Å². The Kier molecular flexibility index (Phi) is 5.61. The standard InChI is InChI=1S/C9H15F3N2O/c1-8(6-13,14-2)7-15-5-3-4-9(10,11)12/h14H,3-5,7H2,1-2H3. The third-order valence-electron chi connectivity index (χ3n) is 1.94. The number of ether oxygens (including phenoxy) is 1. The van der Waals surface area contributed by atoms with Gasteiger partial charge in [0.1, 0.15) is 5.54 Å². The molecule has 0 aliphatic rings. The number of nitriles is 1. The first-order valence-electron chi connectivity index (χ1n) is 4.58. The van der Waals surface area contributed by atoms with Crippen LogP contribution in [0.2, 0.25) is 0 Å². The highest BCUT2D eigenvalue weighted by Gasteiger charge is 2.26. The van der Waals surface area contributed by atoms with Gasteiger partial charge in [-0.25, -0.2) is 0 Å². The summed E-state index contributed by atoms with van der Waals surface area (Å²) < 4.78 is 40.2. The van der Waals surface area contributed by atoms with Crippen molar-refractivity contribution >= 4 is 0 Å². The lowest BCUT2D eigenvalue weighted by Crippen LogP contribution is -2.42. The van der Waals surface area contributed by atoms with E-state index in [0.717, 1.165) is 0 Å². The minimum absolute atomic E-state index is 0.0124. The summed E-state index contributed by atoms with van der Waals surface area (Å²) in [7, 11) is 1.60. The van der Waals surface area contributed by atoms with Crippen LogP contribution in [0.15, 0.2) is 0 Å². The lowest BCUT2D eigenvalue weighted by Gasteiger charge is -2.20. The van der Waals surface area contributed by atoms with E-state index < -0.39 is 18.1 Å². The van der Waals surface area contributed by atoms with Crippen molar-refractivity contribution in [3.63, 3.8) is 0 Å². The van der Waals surface area contributed by atoms with Crippen LogP contribution in [0.4, 0.5) is 13.2 Å². The molecule has 0 fully saturated rings. The Balaban J connectivity index is 3.60. The highest BCUT2D eigenvalue weighted by atomic mass is 19.4. The van der Waals surface area contributed by atoms with Gasteiger partial charge in [0, 0.05) is 13.0 Å². The van der Waals surface area contributed by atoms with E-state index >= 15 is 0 Å². The number of halogens is 3. The van der Waals surface area contributed by atoms with Crippen molar-refractivity contribution in [2.45, 2.75) is 31.5 Å². The molecule has 0 aromatic heterocycles. The number of likely N-dealkylation sites (N-methyl/N-ethyl adjacent to an activating group) is 1. The molecular weight excluding hydrogens is 209 g/mol. The molecule has 0 spiro atoms. The van der Waals surface area contributed by atoms with Gasteiger partial charge in [-0.05, 0) is 20.4 Å². The zero-order valence-corrected chi connectivity index (χ0v) is 8.82. The molecule has 1 atom stereocenters. The van der Waals surface area contributed by atoms with Crippen LogP contribution in [-0.2, 0) is 4.74 Å². The molecule has 0 aromatic carbocycles. The first kappa shape index (κ1) is 14.2. The Hall–Kier alpha value is -0.800. The summed E-state index contributed by atoms with van der Waals surface area (Å²) in [4.78, 5) is 0. The second-order valence-electron chi connectivity index (χ2n) is 3.47. The monoisotopic (exact) mass is 224 g/mol. The smallest absolute Gasteiger partial charge is 0.378 e. The van der Waals surface area contributed by atoms with Gasteiger partial charge in [0.15, 0.2) is 0 Å². The van der Waals surface area contributed by atoms with E-state index in [1.165, 1.54) is 0 Å². The van der Waals surface area contributed by atoms with Crippen LogP contribution in [0.1, 0.15) is 19.8 Å². The molecule has 0 saturated heterocycles. The number of alkyl halides is 3. The number of nitrogens with one attached hydrogen (secondary N) is 1. The first-order valence-corrected chi connectivity index (χ1v) is 4.58. The fourth-order valence-electron chi connectivity index (χ4n) is 0.811. The van der Waals surface area contributed by atoms with Crippen LogP contribution in [0.25, 0.3) is 0 Å². The maximum Gasteiger partial charge on any atom is 0.389 e. The molecular formula is C9H15F3N2O. The molecule has 0 heterocycles. The molecule has 1 unspecified atom stereocenters. The van der Waals surface area contributed by atoms with Crippen LogP contribution >= 0.6 is 0 Å².